The monoisotopic (exact) mass is 384 g/mol. The van der Waals surface area contributed by atoms with Crippen LogP contribution < -0.4 is 5.32 Å². The smallest absolute Gasteiger partial charge is 0.223 e. The average Bonchev–Trinajstić information content (AvgIpc) is 2.52. The molecule has 5 aliphatic rings. The molecule has 26 heavy (non-hydrogen) atoms. The van der Waals surface area contributed by atoms with Crippen molar-refractivity contribution in [2.24, 2.45) is 29.6 Å². The van der Waals surface area contributed by atoms with Gasteiger partial charge in [0.05, 0.1) is 18.0 Å². The van der Waals surface area contributed by atoms with E-state index in [0.717, 1.165) is 11.8 Å². The number of nitrogens with one attached hydrogen (secondary N) is 1. The van der Waals surface area contributed by atoms with E-state index in [-0.39, 0.29) is 36.3 Å². The molecule has 1 heterocycles. The second-order valence-electron chi connectivity index (χ2n) is 9.14. The van der Waals surface area contributed by atoms with Gasteiger partial charge in [-0.2, -0.15) is 4.31 Å². The van der Waals surface area contributed by atoms with Crippen molar-refractivity contribution in [2.45, 2.75) is 58.2 Å². The van der Waals surface area contributed by atoms with Crippen LogP contribution in [-0.4, -0.2) is 56.2 Å². The molecule has 0 radical (unpaired) electrons. The van der Waals surface area contributed by atoms with Gasteiger partial charge in [0, 0.05) is 25.6 Å². The number of nitrogens with zero attached hydrogens (tertiary/aromatic N) is 1. The quantitative estimate of drug-likeness (QED) is 0.781. The predicted molar refractivity (Wildman–Crippen MR) is 98.9 cm³/mol. The summed E-state index contributed by atoms with van der Waals surface area (Å²) >= 11 is 0. The van der Waals surface area contributed by atoms with Gasteiger partial charge in [-0.15, -0.1) is 0 Å². The number of carbonyl (C=O) groups is 1. The lowest BCUT2D eigenvalue weighted by atomic mass is 9.51. The van der Waals surface area contributed by atoms with Crippen LogP contribution in [0.25, 0.3) is 0 Å². The van der Waals surface area contributed by atoms with Gasteiger partial charge in [0.2, 0.25) is 15.9 Å². The van der Waals surface area contributed by atoms with Gasteiger partial charge >= 0.3 is 0 Å². The van der Waals surface area contributed by atoms with Gasteiger partial charge in [-0.25, -0.2) is 8.42 Å². The zero-order chi connectivity index (χ0) is 18.5. The summed E-state index contributed by atoms with van der Waals surface area (Å²) in [5.41, 5.74) is 0. The minimum absolute atomic E-state index is 0.0223. The summed E-state index contributed by atoms with van der Waals surface area (Å²) in [6.07, 6.45) is 6.00. The van der Waals surface area contributed by atoms with Crippen molar-refractivity contribution in [3.63, 3.8) is 0 Å². The Morgan fingerprint density at radius 1 is 1.00 bits per heavy atom. The fourth-order valence-electron chi connectivity index (χ4n) is 6.26. The largest absolute Gasteiger partial charge is 0.373 e. The molecule has 0 aromatic heterocycles. The van der Waals surface area contributed by atoms with Crippen molar-refractivity contribution in [1.29, 1.82) is 0 Å². The molecule has 0 aromatic carbocycles. The number of carbonyl (C=O) groups excluding carboxylic acids is 1. The van der Waals surface area contributed by atoms with E-state index in [4.69, 9.17) is 4.74 Å². The lowest BCUT2D eigenvalue weighted by Crippen LogP contribution is -2.52. The lowest BCUT2D eigenvalue weighted by Gasteiger charge is -2.53. The van der Waals surface area contributed by atoms with Crippen LogP contribution in [0, 0.1) is 29.6 Å². The van der Waals surface area contributed by atoms with Gasteiger partial charge in [-0.3, -0.25) is 4.79 Å². The standard InChI is InChI=1S/C19H32N2O4S/c1-12-10-21(11-13(2)25-12)26(23,24)4-3-20-19(22)18-16-6-14-5-15(8-16)9-17(18)7-14/h12-18H,3-11H2,1-2H3,(H,20,22)/t12-,13-,14?,15?,16?,17?,18?/m1/s1. The van der Waals surface area contributed by atoms with Crippen LogP contribution in [0.4, 0.5) is 0 Å². The summed E-state index contributed by atoms with van der Waals surface area (Å²) in [5, 5.41) is 2.95. The normalized spacial score (nSPS) is 42.8. The molecule has 4 saturated carbocycles. The first-order chi connectivity index (χ1) is 12.3. The number of hydrogen-bond acceptors (Lipinski definition) is 4. The Bertz CT molecular complexity index is 612. The SMILES string of the molecule is C[C@@H]1CN(S(=O)(=O)CCNC(=O)C2C3CC4CC(C3)CC2C4)C[C@@H](C)O1. The van der Waals surface area contributed by atoms with Crippen molar-refractivity contribution in [2.75, 3.05) is 25.4 Å². The van der Waals surface area contributed by atoms with Crippen LogP contribution in [0.3, 0.4) is 0 Å². The van der Waals surface area contributed by atoms with Gasteiger partial charge in [0.1, 0.15) is 0 Å². The molecule has 5 fully saturated rings. The maximum Gasteiger partial charge on any atom is 0.223 e. The van der Waals surface area contributed by atoms with Crippen LogP contribution in [0.5, 0.6) is 0 Å². The molecule has 148 valence electrons. The van der Waals surface area contributed by atoms with E-state index in [1.807, 2.05) is 13.8 Å². The molecular weight excluding hydrogens is 352 g/mol. The fourth-order valence-corrected chi connectivity index (χ4v) is 7.75. The van der Waals surface area contributed by atoms with E-state index in [0.29, 0.717) is 24.9 Å². The molecule has 0 spiro atoms. The first kappa shape index (κ1) is 18.7. The second kappa shape index (κ2) is 7.06. The maximum atomic E-state index is 12.8. The number of sulfonamides is 1. The maximum absolute atomic E-state index is 12.8. The van der Waals surface area contributed by atoms with Crippen molar-refractivity contribution < 1.29 is 17.9 Å². The van der Waals surface area contributed by atoms with Crippen LogP contribution in [-0.2, 0) is 19.6 Å². The Balaban J connectivity index is 1.30. The zero-order valence-electron chi connectivity index (χ0n) is 15.9. The highest BCUT2D eigenvalue weighted by Crippen LogP contribution is 2.56. The molecule has 1 amide bonds. The summed E-state index contributed by atoms with van der Waals surface area (Å²) in [5.74, 6) is 2.93. The van der Waals surface area contributed by atoms with Gasteiger partial charge in [-0.1, -0.05) is 0 Å². The predicted octanol–water partition coefficient (Wildman–Crippen LogP) is 1.61. The number of amides is 1. The van der Waals surface area contributed by atoms with Gasteiger partial charge in [-0.05, 0) is 69.6 Å². The minimum Gasteiger partial charge on any atom is -0.373 e. The minimum atomic E-state index is -3.36. The number of hydrogen-bond donors (Lipinski definition) is 1. The third-order valence-corrected chi connectivity index (χ3v) is 8.77. The Hall–Kier alpha value is -0.660. The molecule has 0 unspecified atom stereocenters. The molecule has 7 heteroatoms. The summed E-state index contributed by atoms with van der Waals surface area (Å²) < 4.78 is 32.3. The summed E-state index contributed by atoms with van der Waals surface area (Å²) in [7, 11) is -3.36. The van der Waals surface area contributed by atoms with Gasteiger partial charge in [0.25, 0.3) is 0 Å². The molecule has 4 aliphatic carbocycles. The Morgan fingerprint density at radius 2 is 1.54 bits per heavy atom. The Morgan fingerprint density at radius 3 is 2.08 bits per heavy atom. The molecule has 5 rings (SSSR count). The summed E-state index contributed by atoms with van der Waals surface area (Å²) in [6, 6.07) is 0. The third-order valence-electron chi connectivity index (χ3n) is 6.97. The first-order valence-corrected chi connectivity index (χ1v) is 11.8. The van der Waals surface area contributed by atoms with Crippen LogP contribution in [0.2, 0.25) is 0 Å². The molecule has 2 atom stereocenters. The van der Waals surface area contributed by atoms with Crippen molar-refractivity contribution in [3.8, 4) is 0 Å². The van der Waals surface area contributed by atoms with Crippen LogP contribution in [0.15, 0.2) is 0 Å². The first-order valence-electron chi connectivity index (χ1n) is 10.2. The topological polar surface area (TPSA) is 75.7 Å². The Labute approximate surface area is 157 Å². The van der Waals surface area contributed by atoms with E-state index in [9.17, 15) is 13.2 Å². The summed E-state index contributed by atoms with van der Waals surface area (Å²) in [6.45, 7) is 4.80. The lowest BCUT2D eigenvalue weighted by molar-refractivity contribution is -0.138. The Kier molecular flexibility index (Phi) is 5.07. The van der Waals surface area contributed by atoms with E-state index in [2.05, 4.69) is 5.32 Å². The number of ether oxygens (including phenoxy) is 1. The number of rotatable bonds is 5. The van der Waals surface area contributed by atoms with E-state index < -0.39 is 10.0 Å². The second-order valence-corrected chi connectivity index (χ2v) is 11.2. The molecule has 1 aliphatic heterocycles. The molecular formula is C19H32N2O4S. The molecule has 6 nitrogen and oxygen atoms in total. The molecule has 1 saturated heterocycles. The highest BCUT2D eigenvalue weighted by molar-refractivity contribution is 7.89. The van der Waals surface area contributed by atoms with Gasteiger partial charge in [0.15, 0.2) is 0 Å². The molecule has 4 bridgehead atoms. The average molecular weight is 385 g/mol. The van der Waals surface area contributed by atoms with Crippen LogP contribution >= 0.6 is 0 Å². The van der Waals surface area contributed by atoms with Gasteiger partial charge < -0.3 is 10.1 Å². The van der Waals surface area contributed by atoms with E-state index >= 15 is 0 Å². The molecule has 0 aromatic rings. The van der Waals surface area contributed by atoms with Crippen molar-refractivity contribution in [1.82, 2.24) is 9.62 Å². The third kappa shape index (κ3) is 3.67. The molecule has 1 N–H and O–H groups in total. The highest BCUT2D eigenvalue weighted by atomic mass is 32.2. The number of morpholine rings is 1. The zero-order valence-corrected chi connectivity index (χ0v) is 16.7. The summed E-state index contributed by atoms with van der Waals surface area (Å²) in [4.78, 5) is 12.8. The van der Waals surface area contributed by atoms with Crippen molar-refractivity contribution >= 4 is 15.9 Å². The highest BCUT2D eigenvalue weighted by Gasteiger charge is 2.50. The van der Waals surface area contributed by atoms with E-state index in [1.54, 1.807) is 0 Å². The van der Waals surface area contributed by atoms with Crippen LogP contribution in [0.1, 0.15) is 46.0 Å². The fraction of sp³-hybridized carbons (Fsp3) is 0.947. The van der Waals surface area contributed by atoms with E-state index in [1.165, 1.54) is 36.4 Å². The van der Waals surface area contributed by atoms with Crippen molar-refractivity contribution in [3.05, 3.63) is 0 Å².